The van der Waals surface area contributed by atoms with Crippen molar-refractivity contribution in [2.75, 3.05) is 91.7 Å². The number of esters is 1. The Bertz CT molecular complexity index is 1180. The molecule has 0 saturated carbocycles. The zero-order valence-corrected chi connectivity index (χ0v) is 50.0. The lowest BCUT2D eigenvalue weighted by atomic mass is 10.1. The molecule has 9 nitrogen and oxygen atoms in total. The SMILES string of the molecule is CCCCCCCCCCCCCCN(CCCCCCCC(=O)OCCCCC)CC(=O)N1CCN(C(=O)CN(CCCCCCCCC)CCN(CCCCCCCCC)CCCCCCCCC)CC1. The molecule has 1 aliphatic rings. The molecule has 0 aromatic rings. The highest BCUT2D eigenvalue weighted by Crippen LogP contribution is 2.16. The van der Waals surface area contributed by atoms with Gasteiger partial charge in [0.2, 0.25) is 11.8 Å². The normalized spacial score (nSPS) is 13.1. The van der Waals surface area contributed by atoms with Gasteiger partial charge in [-0.1, -0.05) is 253 Å². The van der Waals surface area contributed by atoms with Crippen molar-refractivity contribution in [3.63, 3.8) is 0 Å². The van der Waals surface area contributed by atoms with Crippen molar-refractivity contribution in [3.8, 4) is 0 Å². The van der Waals surface area contributed by atoms with Crippen molar-refractivity contribution in [2.45, 2.75) is 304 Å². The first kappa shape index (κ1) is 69.3. The lowest BCUT2D eigenvalue weighted by molar-refractivity contribution is -0.144. The number of nitrogens with zero attached hydrogens (tertiary/aromatic N) is 5. The minimum atomic E-state index is -0.0468. The molecule has 0 bridgehead atoms. The first-order chi connectivity index (χ1) is 35.9. The third-order valence-electron chi connectivity index (χ3n) is 15.9. The van der Waals surface area contributed by atoms with E-state index in [4.69, 9.17) is 4.74 Å². The van der Waals surface area contributed by atoms with Crippen molar-refractivity contribution >= 4 is 17.8 Å². The molecule has 0 unspecified atom stereocenters. The quantitative estimate of drug-likeness (QED) is 0.0444. The summed E-state index contributed by atoms with van der Waals surface area (Å²) >= 11 is 0. The van der Waals surface area contributed by atoms with E-state index in [1.165, 1.54) is 219 Å². The fourth-order valence-electron chi connectivity index (χ4n) is 10.7. The summed E-state index contributed by atoms with van der Waals surface area (Å²) in [5.41, 5.74) is 0. The van der Waals surface area contributed by atoms with Crippen LogP contribution < -0.4 is 0 Å². The number of amides is 2. The molecule has 0 aromatic heterocycles. The highest BCUT2D eigenvalue weighted by molar-refractivity contribution is 5.80. The van der Waals surface area contributed by atoms with Crippen molar-refractivity contribution < 1.29 is 19.1 Å². The van der Waals surface area contributed by atoms with Crippen molar-refractivity contribution in [1.29, 1.82) is 0 Å². The average molecular weight is 1030 g/mol. The van der Waals surface area contributed by atoms with Gasteiger partial charge in [0.1, 0.15) is 0 Å². The molecule has 432 valence electrons. The Morgan fingerprint density at radius 1 is 0.301 bits per heavy atom. The number of hydrogen-bond donors (Lipinski definition) is 0. The Hall–Kier alpha value is -1.71. The number of ether oxygens (including phenoxy) is 1. The molecular weight excluding hydrogens is 903 g/mol. The van der Waals surface area contributed by atoms with Crippen LogP contribution in [0.4, 0.5) is 0 Å². The summed E-state index contributed by atoms with van der Waals surface area (Å²) in [7, 11) is 0. The van der Waals surface area contributed by atoms with Gasteiger partial charge in [-0.2, -0.15) is 0 Å². The van der Waals surface area contributed by atoms with Gasteiger partial charge in [-0.15, -0.1) is 0 Å². The Morgan fingerprint density at radius 2 is 0.548 bits per heavy atom. The molecule has 1 rings (SSSR count). The molecule has 0 aliphatic carbocycles. The highest BCUT2D eigenvalue weighted by atomic mass is 16.5. The van der Waals surface area contributed by atoms with Crippen LogP contribution in [-0.2, 0) is 19.1 Å². The molecule has 0 N–H and O–H groups in total. The number of piperazine rings is 1. The van der Waals surface area contributed by atoms with E-state index in [1.807, 2.05) is 4.90 Å². The van der Waals surface area contributed by atoms with E-state index in [1.54, 1.807) is 0 Å². The van der Waals surface area contributed by atoms with Crippen LogP contribution in [0.3, 0.4) is 0 Å². The van der Waals surface area contributed by atoms with Crippen LogP contribution in [0.5, 0.6) is 0 Å². The summed E-state index contributed by atoms with van der Waals surface area (Å²) < 4.78 is 5.40. The number of carbonyl (C=O) groups excluding carboxylic acids is 3. The second kappa shape index (κ2) is 53.7. The van der Waals surface area contributed by atoms with Crippen LogP contribution in [0.2, 0.25) is 0 Å². The van der Waals surface area contributed by atoms with Gasteiger partial charge in [-0.05, 0) is 77.7 Å². The molecule has 0 atom stereocenters. The molecule has 0 aromatic carbocycles. The van der Waals surface area contributed by atoms with Gasteiger partial charge >= 0.3 is 5.97 Å². The Morgan fingerprint density at radius 3 is 0.877 bits per heavy atom. The van der Waals surface area contributed by atoms with Crippen molar-refractivity contribution in [3.05, 3.63) is 0 Å². The first-order valence-corrected chi connectivity index (χ1v) is 32.8. The predicted molar refractivity (Wildman–Crippen MR) is 316 cm³/mol. The summed E-state index contributed by atoms with van der Waals surface area (Å²) in [6, 6.07) is 0. The zero-order valence-electron chi connectivity index (χ0n) is 50.0. The van der Waals surface area contributed by atoms with Crippen LogP contribution >= 0.6 is 0 Å². The Kier molecular flexibility index (Phi) is 51.0. The Balaban J connectivity index is 2.78. The van der Waals surface area contributed by atoms with E-state index in [0.29, 0.717) is 52.3 Å². The van der Waals surface area contributed by atoms with Gasteiger partial charge in [0.15, 0.2) is 0 Å². The number of unbranched alkanes of at least 4 members (excludes halogenated alkanes) is 35. The van der Waals surface area contributed by atoms with Crippen LogP contribution in [0, 0.1) is 0 Å². The van der Waals surface area contributed by atoms with E-state index in [0.717, 1.165) is 90.5 Å². The third kappa shape index (κ3) is 44.0. The highest BCUT2D eigenvalue weighted by Gasteiger charge is 2.26. The summed E-state index contributed by atoms with van der Waals surface area (Å²) in [6.45, 7) is 22.8. The van der Waals surface area contributed by atoms with Crippen LogP contribution in [0.15, 0.2) is 0 Å². The summed E-state index contributed by atoms with van der Waals surface area (Å²) in [4.78, 5) is 51.9. The molecule has 73 heavy (non-hydrogen) atoms. The van der Waals surface area contributed by atoms with Crippen molar-refractivity contribution in [1.82, 2.24) is 24.5 Å². The molecule has 0 spiro atoms. The smallest absolute Gasteiger partial charge is 0.305 e. The topological polar surface area (TPSA) is 76.6 Å². The average Bonchev–Trinajstić information content (AvgIpc) is 3.40. The van der Waals surface area contributed by atoms with Gasteiger partial charge < -0.3 is 19.4 Å². The van der Waals surface area contributed by atoms with Gasteiger partial charge in [0, 0.05) is 45.7 Å². The third-order valence-corrected chi connectivity index (χ3v) is 15.9. The molecule has 2 amide bonds. The molecular formula is C64H127N5O4. The number of carbonyl (C=O) groups is 3. The summed E-state index contributed by atoms with van der Waals surface area (Å²) in [5.74, 6) is 0.429. The van der Waals surface area contributed by atoms with Gasteiger partial charge in [-0.3, -0.25) is 24.2 Å². The van der Waals surface area contributed by atoms with Crippen LogP contribution in [0.25, 0.3) is 0 Å². The molecule has 0 radical (unpaired) electrons. The number of rotatable bonds is 56. The predicted octanol–water partition coefficient (Wildman–Crippen LogP) is 16.6. The van der Waals surface area contributed by atoms with Gasteiger partial charge in [0.05, 0.1) is 19.7 Å². The second-order valence-corrected chi connectivity index (χ2v) is 22.9. The maximum atomic E-state index is 14.1. The minimum absolute atomic E-state index is 0.0468. The van der Waals surface area contributed by atoms with Crippen molar-refractivity contribution in [2.24, 2.45) is 0 Å². The standard InChI is InChI=1S/C64H127N5O4/c1-6-11-16-20-24-25-26-27-28-32-38-43-50-66(51-44-39-33-34-40-47-64(72)73-59-46-15-10-5)60-62(70)68-55-57-69(58-56-68)63(71)61-67(52-45-37-31-23-19-14-9-4)54-53-65(48-41-35-29-21-17-12-7-2)49-42-36-30-22-18-13-8-3/h6-61H2,1-5H3. The lowest BCUT2D eigenvalue weighted by Gasteiger charge is -2.37. The summed E-state index contributed by atoms with van der Waals surface area (Å²) in [6.07, 6.45) is 53.0. The first-order valence-electron chi connectivity index (χ1n) is 32.8. The molecule has 1 fully saturated rings. The monoisotopic (exact) mass is 1030 g/mol. The van der Waals surface area contributed by atoms with Gasteiger partial charge in [-0.25, -0.2) is 0 Å². The van der Waals surface area contributed by atoms with Crippen LogP contribution in [-0.4, -0.2) is 134 Å². The fourth-order valence-corrected chi connectivity index (χ4v) is 10.7. The van der Waals surface area contributed by atoms with E-state index >= 15 is 0 Å². The Labute approximate surface area is 455 Å². The summed E-state index contributed by atoms with van der Waals surface area (Å²) in [5, 5.41) is 0. The molecule has 1 aliphatic heterocycles. The largest absolute Gasteiger partial charge is 0.466 e. The van der Waals surface area contributed by atoms with E-state index in [9.17, 15) is 14.4 Å². The van der Waals surface area contributed by atoms with Gasteiger partial charge in [0.25, 0.3) is 0 Å². The minimum Gasteiger partial charge on any atom is -0.466 e. The molecule has 1 heterocycles. The van der Waals surface area contributed by atoms with Crippen LogP contribution in [0.1, 0.15) is 304 Å². The van der Waals surface area contributed by atoms with E-state index in [-0.39, 0.29) is 17.8 Å². The molecule has 9 heteroatoms. The second-order valence-electron chi connectivity index (χ2n) is 22.9. The lowest BCUT2D eigenvalue weighted by Crippen LogP contribution is -2.54. The number of hydrogen-bond acceptors (Lipinski definition) is 7. The molecule has 1 saturated heterocycles. The van der Waals surface area contributed by atoms with E-state index < -0.39 is 0 Å². The zero-order chi connectivity index (χ0) is 52.9. The maximum absolute atomic E-state index is 14.1. The fraction of sp³-hybridized carbons (Fsp3) is 0.953. The van der Waals surface area contributed by atoms with E-state index in [2.05, 4.69) is 54.2 Å². The maximum Gasteiger partial charge on any atom is 0.305 e.